The molecule has 0 radical (unpaired) electrons. The molecule has 0 amide bonds. The van der Waals surface area contributed by atoms with E-state index < -0.39 is 0 Å². The summed E-state index contributed by atoms with van der Waals surface area (Å²) >= 11 is 5.00. The van der Waals surface area contributed by atoms with E-state index in [-0.39, 0.29) is 0 Å². The van der Waals surface area contributed by atoms with Crippen LogP contribution in [0.1, 0.15) is 24.0 Å². The number of anilines is 1. The van der Waals surface area contributed by atoms with Crippen LogP contribution >= 0.6 is 12.2 Å². The number of rotatable bonds is 9. The Morgan fingerprint density at radius 2 is 2.00 bits per heavy atom. The smallest absolute Gasteiger partial charge is 0.128 e. The maximum atomic E-state index is 5.69. The highest BCUT2D eigenvalue weighted by Gasteiger charge is 2.04. The van der Waals surface area contributed by atoms with Gasteiger partial charge in [0, 0.05) is 32.0 Å². The summed E-state index contributed by atoms with van der Waals surface area (Å²) in [5, 5.41) is 0. The van der Waals surface area contributed by atoms with Crippen molar-refractivity contribution in [2.75, 3.05) is 25.1 Å². The maximum absolute atomic E-state index is 5.69. The SMILES string of the molecule is CN(CCCCOCc1ccccc1)c1cc(C(N)=S)ccn1. The number of hydrogen-bond donors (Lipinski definition) is 1. The van der Waals surface area contributed by atoms with Crippen LogP contribution in [-0.2, 0) is 11.3 Å². The molecule has 0 unspecified atom stereocenters. The van der Waals surface area contributed by atoms with Crippen LogP contribution in [0, 0.1) is 0 Å². The molecule has 1 aromatic heterocycles. The molecule has 0 aliphatic rings. The van der Waals surface area contributed by atoms with Gasteiger partial charge in [0.25, 0.3) is 0 Å². The molecular weight excluding hydrogens is 306 g/mol. The summed E-state index contributed by atoms with van der Waals surface area (Å²) < 4.78 is 5.69. The van der Waals surface area contributed by atoms with E-state index in [9.17, 15) is 0 Å². The minimum Gasteiger partial charge on any atom is -0.389 e. The molecule has 0 saturated heterocycles. The van der Waals surface area contributed by atoms with Crippen molar-refractivity contribution >= 4 is 23.0 Å². The lowest BCUT2D eigenvalue weighted by Gasteiger charge is -2.18. The number of nitrogens with two attached hydrogens (primary N) is 1. The maximum Gasteiger partial charge on any atom is 0.128 e. The topological polar surface area (TPSA) is 51.4 Å². The number of unbranched alkanes of at least 4 members (excludes halogenated alkanes) is 1. The molecule has 0 spiro atoms. The normalized spacial score (nSPS) is 10.5. The van der Waals surface area contributed by atoms with Crippen molar-refractivity contribution in [3.8, 4) is 0 Å². The van der Waals surface area contributed by atoms with Gasteiger partial charge in [0.2, 0.25) is 0 Å². The fourth-order valence-corrected chi connectivity index (χ4v) is 2.34. The van der Waals surface area contributed by atoms with Crippen LogP contribution in [0.15, 0.2) is 48.7 Å². The highest BCUT2D eigenvalue weighted by Crippen LogP contribution is 2.12. The molecule has 4 nitrogen and oxygen atoms in total. The zero-order valence-corrected chi connectivity index (χ0v) is 14.3. The quantitative estimate of drug-likeness (QED) is 0.566. The van der Waals surface area contributed by atoms with Gasteiger partial charge in [0.1, 0.15) is 10.8 Å². The summed E-state index contributed by atoms with van der Waals surface area (Å²) in [7, 11) is 2.02. The molecule has 2 aromatic rings. The van der Waals surface area contributed by atoms with E-state index in [0.717, 1.165) is 37.4 Å². The highest BCUT2D eigenvalue weighted by molar-refractivity contribution is 7.80. The first-order valence-electron chi connectivity index (χ1n) is 7.75. The molecule has 1 heterocycles. The summed E-state index contributed by atoms with van der Waals surface area (Å²) in [4.78, 5) is 6.87. The van der Waals surface area contributed by atoms with Crippen molar-refractivity contribution in [2.24, 2.45) is 5.73 Å². The van der Waals surface area contributed by atoms with Crippen molar-refractivity contribution < 1.29 is 4.74 Å². The first-order chi connectivity index (χ1) is 11.2. The van der Waals surface area contributed by atoms with Gasteiger partial charge in [-0.3, -0.25) is 0 Å². The zero-order chi connectivity index (χ0) is 16.5. The monoisotopic (exact) mass is 329 g/mol. The third-order valence-electron chi connectivity index (χ3n) is 3.56. The second kappa shape index (κ2) is 9.22. The van der Waals surface area contributed by atoms with Gasteiger partial charge in [-0.25, -0.2) is 4.98 Å². The number of hydrogen-bond acceptors (Lipinski definition) is 4. The molecule has 23 heavy (non-hydrogen) atoms. The van der Waals surface area contributed by atoms with E-state index in [4.69, 9.17) is 22.7 Å². The molecule has 5 heteroatoms. The predicted molar refractivity (Wildman–Crippen MR) is 98.7 cm³/mol. The standard InChI is InChI=1S/C18H23N3OS/c1-21(17-13-16(18(19)23)9-10-20-17)11-5-6-12-22-14-15-7-3-2-4-8-15/h2-4,7-10,13H,5-6,11-12,14H2,1H3,(H2,19,23). The van der Waals surface area contributed by atoms with E-state index in [0.29, 0.717) is 11.6 Å². The number of ether oxygens (including phenoxy) is 1. The van der Waals surface area contributed by atoms with Crippen molar-refractivity contribution in [2.45, 2.75) is 19.4 Å². The van der Waals surface area contributed by atoms with E-state index in [1.54, 1.807) is 6.20 Å². The van der Waals surface area contributed by atoms with Crippen molar-refractivity contribution in [3.63, 3.8) is 0 Å². The Hall–Kier alpha value is -1.98. The average molecular weight is 329 g/mol. The molecule has 0 atom stereocenters. The molecule has 2 rings (SSSR count). The zero-order valence-electron chi connectivity index (χ0n) is 13.4. The molecule has 0 aliphatic heterocycles. The van der Waals surface area contributed by atoms with Gasteiger partial charge in [-0.1, -0.05) is 42.5 Å². The summed E-state index contributed by atoms with van der Waals surface area (Å²) in [5.41, 5.74) is 7.72. The van der Waals surface area contributed by atoms with Gasteiger partial charge in [-0.05, 0) is 30.5 Å². The van der Waals surface area contributed by atoms with Gasteiger partial charge >= 0.3 is 0 Å². The lowest BCUT2D eigenvalue weighted by molar-refractivity contribution is 0.117. The molecule has 0 aliphatic carbocycles. The summed E-state index contributed by atoms with van der Waals surface area (Å²) in [6.45, 7) is 2.36. The van der Waals surface area contributed by atoms with E-state index in [1.165, 1.54) is 5.56 Å². The second-order valence-electron chi connectivity index (χ2n) is 5.43. The van der Waals surface area contributed by atoms with Gasteiger partial charge in [0.15, 0.2) is 0 Å². The summed E-state index contributed by atoms with van der Waals surface area (Å²) in [6.07, 6.45) is 3.81. The third kappa shape index (κ3) is 5.96. The minimum absolute atomic E-state index is 0.399. The van der Waals surface area contributed by atoms with E-state index in [1.807, 2.05) is 37.4 Å². The lowest BCUT2D eigenvalue weighted by Crippen LogP contribution is -2.21. The minimum atomic E-state index is 0.399. The number of thiocarbonyl (C=S) groups is 1. The Morgan fingerprint density at radius 3 is 2.74 bits per heavy atom. The Bertz CT molecular complexity index is 619. The fraction of sp³-hybridized carbons (Fsp3) is 0.333. The van der Waals surface area contributed by atoms with Crippen LogP contribution in [0.4, 0.5) is 5.82 Å². The number of benzene rings is 1. The third-order valence-corrected chi connectivity index (χ3v) is 3.80. The molecule has 0 saturated carbocycles. The van der Waals surface area contributed by atoms with Crippen LogP contribution < -0.4 is 10.6 Å². The number of nitrogens with zero attached hydrogens (tertiary/aromatic N) is 2. The Balaban J connectivity index is 1.66. The first kappa shape index (κ1) is 17.4. The largest absolute Gasteiger partial charge is 0.389 e. The highest BCUT2D eigenvalue weighted by atomic mass is 32.1. The van der Waals surface area contributed by atoms with Crippen LogP contribution in [0.5, 0.6) is 0 Å². The average Bonchev–Trinajstić information content (AvgIpc) is 2.58. The van der Waals surface area contributed by atoms with Gasteiger partial charge in [-0.2, -0.15) is 0 Å². The van der Waals surface area contributed by atoms with Crippen LogP contribution in [-0.4, -0.2) is 30.2 Å². The van der Waals surface area contributed by atoms with Crippen LogP contribution in [0.2, 0.25) is 0 Å². The number of pyridine rings is 1. The molecule has 122 valence electrons. The number of aromatic nitrogens is 1. The predicted octanol–water partition coefficient (Wildman–Crippen LogP) is 3.15. The summed E-state index contributed by atoms with van der Waals surface area (Å²) in [6, 6.07) is 14.0. The van der Waals surface area contributed by atoms with Crippen LogP contribution in [0.3, 0.4) is 0 Å². The molecule has 1 aromatic carbocycles. The van der Waals surface area contributed by atoms with Gasteiger partial charge in [-0.15, -0.1) is 0 Å². The molecule has 2 N–H and O–H groups in total. The Labute approximate surface area is 143 Å². The van der Waals surface area contributed by atoms with Crippen molar-refractivity contribution in [1.82, 2.24) is 4.98 Å². The molecule has 0 fully saturated rings. The Morgan fingerprint density at radius 1 is 1.22 bits per heavy atom. The summed E-state index contributed by atoms with van der Waals surface area (Å²) in [5.74, 6) is 0.889. The first-order valence-corrected chi connectivity index (χ1v) is 8.16. The van der Waals surface area contributed by atoms with E-state index >= 15 is 0 Å². The van der Waals surface area contributed by atoms with E-state index in [2.05, 4.69) is 22.0 Å². The molecular formula is C18H23N3OS. The van der Waals surface area contributed by atoms with Crippen molar-refractivity contribution in [1.29, 1.82) is 0 Å². The van der Waals surface area contributed by atoms with Gasteiger partial charge in [0.05, 0.1) is 6.61 Å². The Kier molecular flexibility index (Phi) is 6.97. The van der Waals surface area contributed by atoms with Crippen molar-refractivity contribution in [3.05, 3.63) is 59.8 Å². The fourth-order valence-electron chi connectivity index (χ4n) is 2.21. The molecule has 0 bridgehead atoms. The lowest BCUT2D eigenvalue weighted by atomic mass is 10.2. The second-order valence-corrected chi connectivity index (χ2v) is 5.87. The van der Waals surface area contributed by atoms with Gasteiger partial charge < -0.3 is 15.4 Å². The van der Waals surface area contributed by atoms with Crippen LogP contribution in [0.25, 0.3) is 0 Å².